The molecule has 2 rings (SSSR count). The number of hydrogen-bond donors (Lipinski definition) is 2. The number of nitrogens with zero attached hydrogens (tertiary/aromatic N) is 1. The normalized spacial score (nSPS) is 19.7. The number of sulfone groups is 1. The lowest BCUT2D eigenvalue weighted by Crippen LogP contribution is -2.45. The largest absolute Gasteiger partial charge is 0.487 e. The lowest BCUT2D eigenvalue weighted by atomic mass is 9.90. The summed E-state index contributed by atoms with van der Waals surface area (Å²) in [6.45, 7) is 8.73. The molecule has 6 nitrogen and oxygen atoms in total. The van der Waals surface area contributed by atoms with Crippen LogP contribution >= 0.6 is 0 Å². The van der Waals surface area contributed by atoms with Crippen LogP contribution in [0.15, 0.2) is 29.3 Å². The summed E-state index contributed by atoms with van der Waals surface area (Å²) in [5.41, 5.74) is 0.808. The van der Waals surface area contributed by atoms with E-state index < -0.39 is 9.84 Å². The third-order valence-electron chi connectivity index (χ3n) is 4.14. The highest BCUT2D eigenvalue weighted by atomic mass is 32.2. The van der Waals surface area contributed by atoms with Crippen LogP contribution in [0.3, 0.4) is 0 Å². The molecular weight excluding hydrogens is 338 g/mol. The Kier molecular flexibility index (Phi) is 6.32. The Balaban J connectivity index is 2.15. The number of aliphatic imine (C=N–C) groups is 1. The number of fused-ring (bicyclic) bond motifs is 1. The third-order valence-corrected chi connectivity index (χ3v) is 5.83. The van der Waals surface area contributed by atoms with Crippen LogP contribution in [0.25, 0.3) is 0 Å². The molecule has 2 N–H and O–H groups in total. The van der Waals surface area contributed by atoms with Crippen molar-refractivity contribution in [2.24, 2.45) is 4.99 Å². The molecule has 1 aliphatic rings. The van der Waals surface area contributed by atoms with E-state index in [9.17, 15) is 8.42 Å². The SMILES string of the molecule is CCNC(=NCCS(=O)(=O)CC)NC1CC(C)(C)Oc2ccccc21. The number of hydrogen-bond acceptors (Lipinski definition) is 4. The quantitative estimate of drug-likeness (QED) is 0.596. The zero-order valence-electron chi connectivity index (χ0n) is 15.5. The average molecular weight is 368 g/mol. The molecule has 25 heavy (non-hydrogen) atoms. The fraction of sp³-hybridized carbons (Fsp3) is 0.611. The second-order valence-corrected chi connectivity index (χ2v) is 9.27. The van der Waals surface area contributed by atoms with E-state index in [1.165, 1.54) is 0 Å². The topological polar surface area (TPSA) is 79.8 Å². The number of para-hydroxylation sites is 1. The molecule has 0 bridgehead atoms. The van der Waals surface area contributed by atoms with Gasteiger partial charge >= 0.3 is 0 Å². The summed E-state index contributed by atoms with van der Waals surface area (Å²) in [4.78, 5) is 4.44. The Morgan fingerprint density at radius 1 is 1.32 bits per heavy atom. The first-order chi connectivity index (χ1) is 11.8. The molecule has 0 radical (unpaired) electrons. The van der Waals surface area contributed by atoms with E-state index in [1.54, 1.807) is 6.92 Å². The fourth-order valence-electron chi connectivity index (χ4n) is 2.86. The Hall–Kier alpha value is -1.76. The smallest absolute Gasteiger partial charge is 0.191 e. The first kappa shape index (κ1) is 19.6. The summed E-state index contributed by atoms with van der Waals surface area (Å²) < 4.78 is 29.4. The molecule has 1 aromatic rings. The molecular formula is C18H29N3O3S. The predicted octanol–water partition coefficient (Wildman–Crippen LogP) is 2.28. The highest BCUT2D eigenvalue weighted by Gasteiger charge is 2.33. The minimum absolute atomic E-state index is 0.0560. The zero-order valence-corrected chi connectivity index (χ0v) is 16.3. The molecule has 1 unspecified atom stereocenters. The first-order valence-electron chi connectivity index (χ1n) is 8.79. The van der Waals surface area contributed by atoms with Crippen LogP contribution in [0.1, 0.15) is 45.7 Å². The number of ether oxygens (including phenoxy) is 1. The molecule has 0 amide bonds. The molecule has 0 aliphatic carbocycles. The van der Waals surface area contributed by atoms with Crippen LogP contribution in [0.2, 0.25) is 0 Å². The van der Waals surface area contributed by atoms with Gasteiger partial charge in [0.15, 0.2) is 15.8 Å². The van der Waals surface area contributed by atoms with E-state index in [0.717, 1.165) is 17.7 Å². The fourth-order valence-corrected chi connectivity index (χ4v) is 3.52. The van der Waals surface area contributed by atoms with E-state index in [4.69, 9.17) is 4.74 Å². The predicted molar refractivity (Wildman–Crippen MR) is 102 cm³/mol. The van der Waals surface area contributed by atoms with Gasteiger partial charge in [0.2, 0.25) is 0 Å². The lowest BCUT2D eigenvalue weighted by molar-refractivity contribution is 0.0694. The van der Waals surface area contributed by atoms with Crippen LogP contribution in [-0.2, 0) is 9.84 Å². The molecule has 1 aliphatic heterocycles. The van der Waals surface area contributed by atoms with E-state index in [2.05, 4.69) is 29.5 Å². The summed E-state index contributed by atoms with van der Waals surface area (Å²) in [7, 11) is -3.01. The highest BCUT2D eigenvalue weighted by Crippen LogP contribution is 2.39. The van der Waals surface area contributed by atoms with E-state index in [-0.39, 0.29) is 29.7 Å². The monoisotopic (exact) mass is 367 g/mol. The zero-order chi connectivity index (χ0) is 18.5. The Bertz CT molecular complexity index is 714. The standard InChI is InChI=1S/C18H29N3O3S/c1-5-19-17(20-11-12-25(22,23)6-2)21-15-13-18(3,4)24-16-10-8-7-9-14(15)16/h7-10,15H,5-6,11-13H2,1-4H3,(H2,19,20,21). The molecule has 0 fully saturated rings. The summed E-state index contributed by atoms with van der Waals surface area (Å²) in [5.74, 6) is 1.72. The van der Waals surface area contributed by atoms with Crippen molar-refractivity contribution in [3.05, 3.63) is 29.8 Å². The molecule has 1 atom stereocenters. The van der Waals surface area contributed by atoms with Crippen molar-refractivity contribution in [2.75, 3.05) is 24.6 Å². The molecule has 140 valence electrons. The van der Waals surface area contributed by atoms with Crippen LogP contribution in [0.5, 0.6) is 5.75 Å². The molecule has 0 aromatic heterocycles. The Morgan fingerprint density at radius 2 is 2.04 bits per heavy atom. The van der Waals surface area contributed by atoms with Crippen LogP contribution in [0, 0.1) is 0 Å². The third kappa shape index (κ3) is 5.63. The molecule has 0 saturated carbocycles. The van der Waals surface area contributed by atoms with Crippen molar-refractivity contribution in [1.29, 1.82) is 0 Å². The number of guanidine groups is 1. The summed E-state index contributed by atoms with van der Waals surface area (Å²) in [6.07, 6.45) is 0.793. The van der Waals surface area contributed by atoms with Gasteiger partial charge in [-0.15, -0.1) is 0 Å². The minimum Gasteiger partial charge on any atom is -0.487 e. The first-order valence-corrected chi connectivity index (χ1v) is 10.6. The van der Waals surface area contributed by atoms with Gasteiger partial charge in [0, 0.05) is 24.3 Å². The van der Waals surface area contributed by atoms with Gasteiger partial charge in [-0.05, 0) is 26.8 Å². The van der Waals surface area contributed by atoms with Gasteiger partial charge in [-0.1, -0.05) is 25.1 Å². The van der Waals surface area contributed by atoms with Crippen LogP contribution < -0.4 is 15.4 Å². The molecule has 1 aromatic carbocycles. The van der Waals surface area contributed by atoms with Gasteiger partial charge in [-0.25, -0.2) is 8.42 Å². The second kappa shape index (κ2) is 8.08. The van der Waals surface area contributed by atoms with Gasteiger partial charge in [0.25, 0.3) is 0 Å². The van der Waals surface area contributed by atoms with Gasteiger partial charge in [0.1, 0.15) is 11.4 Å². The van der Waals surface area contributed by atoms with Crippen molar-refractivity contribution >= 4 is 15.8 Å². The minimum atomic E-state index is -3.01. The maximum absolute atomic E-state index is 11.7. The van der Waals surface area contributed by atoms with Crippen molar-refractivity contribution in [2.45, 2.75) is 45.8 Å². The summed E-state index contributed by atoms with van der Waals surface area (Å²) >= 11 is 0. The van der Waals surface area contributed by atoms with Crippen molar-refractivity contribution in [3.8, 4) is 5.75 Å². The van der Waals surface area contributed by atoms with Crippen molar-refractivity contribution in [3.63, 3.8) is 0 Å². The van der Waals surface area contributed by atoms with E-state index in [0.29, 0.717) is 12.5 Å². The highest BCUT2D eigenvalue weighted by molar-refractivity contribution is 7.91. The number of benzene rings is 1. The maximum Gasteiger partial charge on any atom is 0.191 e. The summed E-state index contributed by atoms with van der Waals surface area (Å²) in [5, 5.41) is 6.63. The molecule has 0 saturated heterocycles. The van der Waals surface area contributed by atoms with Crippen molar-refractivity contribution < 1.29 is 13.2 Å². The van der Waals surface area contributed by atoms with Crippen molar-refractivity contribution in [1.82, 2.24) is 10.6 Å². The van der Waals surface area contributed by atoms with Crippen LogP contribution in [-0.4, -0.2) is 44.6 Å². The summed E-state index contributed by atoms with van der Waals surface area (Å²) in [6, 6.07) is 8.04. The Labute approximate surface area is 151 Å². The molecule has 7 heteroatoms. The number of rotatable bonds is 6. The van der Waals surface area contributed by atoms with E-state index >= 15 is 0 Å². The van der Waals surface area contributed by atoms with Crippen LogP contribution in [0.4, 0.5) is 0 Å². The average Bonchev–Trinajstić information content (AvgIpc) is 2.54. The van der Waals surface area contributed by atoms with Gasteiger partial charge in [-0.3, -0.25) is 4.99 Å². The molecule has 0 spiro atoms. The maximum atomic E-state index is 11.7. The number of nitrogens with one attached hydrogen (secondary N) is 2. The second-order valence-electron chi connectivity index (χ2n) is 6.80. The van der Waals surface area contributed by atoms with Gasteiger partial charge in [-0.2, -0.15) is 0 Å². The lowest BCUT2D eigenvalue weighted by Gasteiger charge is -2.38. The van der Waals surface area contributed by atoms with E-state index in [1.807, 2.05) is 31.2 Å². The Morgan fingerprint density at radius 3 is 2.72 bits per heavy atom. The van der Waals surface area contributed by atoms with Gasteiger partial charge < -0.3 is 15.4 Å². The molecule has 1 heterocycles. The van der Waals surface area contributed by atoms with Gasteiger partial charge in [0.05, 0.1) is 18.3 Å².